The molecule has 0 aliphatic carbocycles. The maximum atomic E-state index is 12.3. The van der Waals surface area contributed by atoms with Gasteiger partial charge < -0.3 is 15.4 Å². The quantitative estimate of drug-likeness (QED) is 0.502. The van der Waals surface area contributed by atoms with Crippen molar-refractivity contribution in [1.29, 1.82) is 0 Å². The summed E-state index contributed by atoms with van der Waals surface area (Å²) in [5.74, 6) is -1.84. The van der Waals surface area contributed by atoms with E-state index in [4.69, 9.17) is 0 Å². The van der Waals surface area contributed by atoms with Crippen molar-refractivity contribution in [2.45, 2.75) is 25.7 Å². The summed E-state index contributed by atoms with van der Waals surface area (Å²) >= 11 is 1.50. The lowest BCUT2D eigenvalue weighted by atomic mass is 9.76. The number of nitrogens with one attached hydrogen (secondary N) is 1. The van der Waals surface area contributed by atoms with E-state index in [2.05, 4.69) is 5.32 Å². The molecule has 0 aliphatic heterocycles. The van der Waals surface area contributed by atoms with Crippen LogP contribution in [0.5, 0.6) is 0 Å². The van der Waals surface area contributed by atoms with Crippen LogP contribution in [0.4, 0.5) is 0 Å². The van der Waals surface area contributed by atoms with Crippen molar-refractivity contribution >= 4 is 30.1 Å². The molecule has 2 aromatic rings. The number of amides is 1. The monoisotopic (exact) mass is 345 g/mol. The third-order valence-corrected chi connectivity index (χ3v) is 4.49. The van der Waals surface area contributed by atoms with E-state index in [0.717, 1.165) is 5.56 Å². The number of carbonyl (C=O) groups is 2. The van der Waals surface area contributed by atoms with Gasteiger partial charge in [0.25, 0.3) is 0 Å². The van der Waals surface area contributed by atoms with Gasteiger partial charge in [-0.1, -0.05) is 37.3 Å². The van der Waals surface area contributed by atoms with Crippen LogP contribution in [0, 0.1) is 5.92 Å². The Labute approximate surface area is 145 Å². The van der Waals surface area contributed by atoms with Gasteiger partial charge in [0.05, 0.1) is 5.94 Å². The smallest absolute Gasteiger partial charge is 0.426 e. The SMILES string of the molecule is CC(CC(=O)c1ccccc1)C(=O)N[C@@H](Cc1ccsc1)B(O)O. The highest BCUT2D eigenvalue weighted by atomic mass is 32.1. The molecule has 24 heavy (non-hydrogen) atoms. The summed E-state index contributed by atoms with van der Waals surface area (Å²) in [5, 5.41) is 25.4. The first-order valence-corrected chi connectivity index (χ1v) is 8.67. The van der Waals surface area contributed by atoms with Crippen LogP contribution >= 0.6 is 11.3 Å². The Kier molecular flexibility index (Phi) is 6.72. The lowest BCUT2D eigenvalue weighted by molar-refractivity contribution is -0.124. The van der Waals surface area contributed by atoms with E-state index in [1.165, 1.54) is 11.3 Å². The molecule has 3 N–H and O–H groups in total. The highest BCUT2D eigenvalue weighted by molar-refractivity contribution is 7.07. The van der Waals surface area contributed by atoms with Gasteiger partial charge in [-0.25, -0.2) is 0 Å². The van der Waals surface area contributed by atoms with E-state index in [1.807, 2.05) is 22.9 Å². The second-order valence-corrected chi connectivity index (χ2v) is 6.54. The Hall–Kier alpha value is -1.96. The lowest BCUT2D eigenvalue weighted by Crippen LogP contribution is -2.49. The second-order valence-electron chi connectivity index (χ2n) is 5.76. The number of Topliss-reactive ketones (excluding diaryl/α,β-unsaturated/α-hetero) is 1. The van der Waals surface area contributed by atoms with Gasteiger partial charge in [0.15, 0.2) is 5.78 Å². The fourth-order valence-corrected chi connectivity index (χ4v) is 3.01. The highest BCUT2D eigenvalue weighted by Gasteiger charge is 2.28. The van der Waals surface area contributed by atoms with Gasteiger partial charge in [0.1, 0.15) is 0 Å². The van der Waals surface area contributed by atoms with Crippen molar-refractivity contribution in [1.82, 2.24) is 5.32 Å². The molecule has 0 saturated carbocycles. The topological polar surface area (TPSA) is 86.6 Å². The highest BCUT2D eigenvalue weighted by Crippen LogP contribution is 2.12. The van der Waals surface area contributed by atoms with Crippen LogP contribution in [-0.2, 0) is 11.2 Å². The molecule has 1 unspecified atom stereocenters. The van der Waals surface area contributed by atoms with Crippen LogP contribution in [0.2, 0.25) is 0 Å². The summed E-state index contributed by atoms with van der Waals surface area (Å²) in [5.41, 5.74) is 1.49. The Morgan fingerprint density at radius 1 is 1.21 bits per heavy atom. The van der Waals surface area contributed by atoms with E-state index in [0.29, 0.717) is 12.0 Å². The third-order valence-electron chi connectivity index (χ3n) is 3.76. The predicted octanol–water partition coefficient (Wildman–Crippen LogP) is 1.70. The largest absolute Gasteiger partial charge is 0.475 e. The molecule has 2 rings (SSSR count). The molecule has 0 bridgehead atoms. The second kappa shape index (κ2) is 8.77. The zero-order valence-electron chi connectivity index (χ0n) is 13.4. The first kappa shape index (κ1) is 18.4. The maximum Gasteiger partial charge on any atom is 0.475 e. The molecule has 0 aliphatic rings. The first-order chi connectivity index (χ1) is 11.5. The first-order valence-electron chi connectivity index (χ1n) is 7.73. The molecule has 0 saturated heterocycles. The zero-order chi connectivity index (χ0) is 17.5. The van der Waals surface area contributed by atoms with E-state index in [-0.39, 0.29) is 18.1 Å². The van der Waals surface area contributed by atoms with Gasteiger partial charge in [-0.3, -0.25) is 9.59 Å². The fourth-order valence-electron chi connectivity index (χ4n) is 2.33. The fraction of sp³-hybridized carbons (Fsp3) is 0.294. The maximum absolute atomic E-state index is 12.3. The van der Waals surface area contributed by atoms with Crippen molar-refractivity contribution < 1.29 is 19.6 Å². The number of rotatable bonds is 8. The number of hydrogen-bond acceptors (Lipinski definition) is 5. The molecule has 126 valence electrons. The van der Waals surface area contributed by atoms with Gasteiger partial charge in [0, 0.05) is 17.9 Å². The van der Waals surface area contributed by atoms with Gasteiger partial charge >= 0.3 is 7.12 Å². The Balaban J connectivity index is 1.92. The van der Waals surface area contributed by atoms with E-state index in [9.17, 15) is 19.6 Å². The predicted molar refractivity (Wildman–Crippen MR) is 94.7 cm³/mol. The molecule has 1 aromatic heterocycles. The normalized spacial score (nSPS) is 13.1. The average molecular weight is 345 g/mol. The van der Waals surface area contributed by atoms with Crippen molar-refractivity contribution in [2.24, 2.45) is 5.92 Å². The summed E-state index contributed by atoms with van der Waals surface area (Å²) in [6, 6.07) is 10.7. The van der Waals surface area contributed by atoms with Gasteiger partial charge in [0.2, 0.25) is 5.91 Å². The molecule has 1 amide bonds. The summed E-state index contributed by atoms with van der Waals surface area (Å²) in [4.78, 5) is 24.4. The summed E-state index contributed by atoms with van der Waals surface area (Å²) < 4.78 is 0. The minimum absolute atomic E-state index is 0.0720. The van der Waals surface area contributed by atoms with Crippen LogP contribution < -0.4 is 5.32 Å². The number of benzene rings is 1. The van der Waals surface area contributed by atoms with E-state index in [1.54, 1.807) is 31.2 Å². The average Bonchev–Trinajstić information content (AvgIpc) is 3.07. The van der Waals surface area contributed by atoms with Crippen LogP contribution in [-0.4, -0.2) is 34.8 Å². The number of hydrogen-bond donors (Lipinski definition) is 3. The van der Waals surface area contributed by atoms with Gasteiger partial charge in [-0.15, -0.1) is 0 Å². The van der Waals surface area contributed by atoms with Crippen LogP contribution in [0.1, 0.15) is 29.3 Å². The van der Waals surface area contributed by atoms with Gasteiger partial charge in [-0.05, 0) is 28.8 Å². The minimum atomic E-state index is -1.66. The number of ketones is 1. The third kappa shape index (κ3) is 5.30. The Bertz CT molecular complexity index is 660. The van der Waals surface area contributed by atoms with Crippen LogP contribution in [0.15, 0.2) is 47.2 Å². The molecule has 0 radical (unpaired) electrons. The molecule has 7 heteroatoms. The standard InChI is InChI=1S/C17H20BNO4S/c1-12(9-15(20)14-5-3-2-4-6-14)17(21)19-16(18(22)23)10-13-7-8-24-11-13/h2-8,11-12,16,22-23H,9-10H2,1H3,(H,19,21)/t12?,16-/m0/s1. The summed E-state index contributed by atoms with van der Waals surface area (Å²) in [6.45, 7) is 1.65. The molecular weight excluding hydrogens is 325 g/mol. The number of carbonyl (C=O) groups excluding carboxylic acids is 2. The summed E-state index contributed by atoms with van der Waals surface area (Å²) in [7, 11) is -1.66. The number of thiophene rings is 1. The van der Waals surface area contributed by atoms with Crippen LogP contribution in [0.25, 0.3) is 0 Å². The van der Waals surface area contributed by atoms with E-state index < -0.39 is 19.0 Å². The van der Waals surface area contributed by atoms with Crippen molar-refractivity contribution in [3.63, 3.8) is 0 Å². The molecule has 1 heterocycles. The lowest BCUT2D eigenvalue weighted by Gasteiger charge is -2.20. The molecule has 0 spiro atoms. The van der Waals surface area contributed by atoms with Crippen molar-refractivity contribution in [3.8, 4) is 0 Å². The molecule has 0 fully saturated rings. The van der Waals surface area contributed by atoms with E-state index >= 15 is 0 Å². The molecule has 5 nitrogen and oxygen atoms in total. The molecule has 1 aromatic carbocycles. The minimum Gasteiger partial charge on any atom is -0.426 e. The van der Waals surface area contributed by atoms with Crippen molar-refractivity contribution in [3.05, 3.63) is 58.3 Å². The molecular formula is C17H20BNO4S. The molecule has 2 atom stereocenters. The zero-order valence-corrected chi connectivity index (χ0v) is 14.2. The van der Waals surface area contributed by atoms with Crippen molar-refractivity contribution in [2.75, 3.05) is 0 Å². The summed E-state index contributed by atoms with van der Waals surface area (Å²) in [6.07, 6.45) is 0.398. The van der Waals surface area contributed by atoms with Gasteiger partial charge in [-0.2, -0.15) is 11.3 Å². The Morgan fingerprint density at radius 2 is 1.92 bits per heavy atom. The Morgan fingerprint density at radius 3 is 2.50 bits per heavy atom. The van der Waals surface area contributed by atoms with Crippen LogP contribution in [0.3, 0.4) is 0 Å².